The Balaban J connectivity index is 2.14. The second-order valence-corrected chi connectivity index (χ2v) is 4.21. The van der Waals surface area contributed by atoms with Crippen LogP contribution < -0.4 is 11.1 Å². The van der Waals surface area contributed by atoms with E-state index >= 15 is 0 Å². The SMILES string of the molecule is Nc1ccnc(C(=O)Nc2ccc(Br)cn2)c1. The molecule has 0 aromatic carbocycles. The lowest BCUT2D eigenvalue weighted by Crippen LogP contribution is -2.14. The van der Waals surface area contributed by atoms with Crippen LogP contribution in [0, 0.1) is 0 Å². The largest absolute Gasteiger partial charge is 0.399 e. The zero-order chi connectivity index (χ0) is 12.3. The summed E-state index contributed by atoms with van der Waals surface area (Å²) in [5, 5.41) is 2.62. The molecule has 0 saturated heterocycles. The molecule has 0 aliphatic heterocycles. The number of carbonyl (C=O) groups is 1. The Morgan fingerprint density at radius 1 is 1.29 bits per heavy atom. The summed E-state index contributed by atoms with van der Waals surface area (Å²) in [7, 11) is 0. The second-order valence-electron chi connectivity index (χ2n) is 3.29. The molecule has 0 atom stereocenters. The third kappa shape index (κ3) is 3.01. The zero-order valence-corrected chi connectivity index (χ0v) is 10.3. The van der Waals surface area contributed by atoms with Crippen LogP contribution >= 0.6 is 15.9 Å². The predicted molar refractivity (Wildman–Crippen MR) is 68.5 cm³/mol. The molecule has 0 radical (unpaired) electrons. The summed E-state index contributed by atoms with van der Waals surface area (Å²) in [4.78, 5) is 19.7. The van der Waals surface area contributed by atoms with Crippen LogP contribution in [0.2, 0.25) is 0 Å². The number of anilines is 2. The van der Waals surface area contributed by atoms with Gasteiger partial charge in [0.25, 0.3) is 5.91 Å². The number of nitrogens with two attached hydrogens (primary N) is 1. The van der Waals surface area contributed by atoms with Gasteiger partial charge in [-0.3, -0.25) is 9.78 Å². The molecule has 0 aliphatic rings. The summed E-state index contributed by atoms with van der Waals surface area (Å²) in [6.45, 7) is 0. The van der Waals surface area contributed by atoms with E-state index in [1.807, 2.05) is 0 Å². The highest BCUT2D eigenvalue weighted by Gasteiger charge is 2.08. The molecule has 2 rings (SSSR count). The maximum Gasteiger partial charge on any atom is 0.275 e. The van der Waals surface area contributed by atoms with Crippen molar-refractivity contribution in [3.05, 3.63) is 46.8 Å². The Labute approximate surface area is 106 Å². The molecule has 0 bridgehead atoms. The van der Waals surface area contributed by atoms with E-state index in [4.69, 9.17) is 5.73 Å². The van der Waals surface area contributed by atoms with E-state index in [2.05, 4.69) is 31.2 Å². The lowest BCUT2D eigenvalue weighted by atomic mass is 10.3. The summed E-state index contributed by atoms with van der Waals surface area (Å²) in [6.07, 6.45) is 3.08. The highest BCUT2D eigenvalue weighted by atomic mass is 79.9. The molecule has 0 spiro atoms. The van der Waals surface area contributed by atoms with Crippen molar-refractivity contribution < 1.29 is 4.79 Å². The molecule has 2 aromatic rings. The number of carbonyl (C=O) groups excluding carboxylic acids is 1. The normalized spacial score (nSPS) is 9.94. The summed E-state index contributed by atoms with van der Waals surface area (Å²) >= 11 is 3.26. The van der Waals surface area contributed by atoms with Crippen LogP contribution in [0.3, 0.4) is 0 Å². The molecule has 6 heteroatoms. The first-order valence-electron chi connectivity index (χ1n) is 4.79. The number of nitrogens with zero attached hydrogens (tertiary/aromatic N) is 2. The molecular formula is C11H9BrN4O. The Morgan fingerprint density at radius 2 is 2.12 bits per heavy atom. The van der Waals surface area contributed by atoms with Crippen molar-refractivity contribution in [3.8, 4) is 0 Å². The number of amides is 1. The first-order valence-corrected chi connectivity index (χ1v) is 5.59. The third-order valence-electron chi connectivity index (χ3n) is 1.99. The second kappa shape index (κ2) is 4.92. The van der Waals surface area contributed by atoms with Crippen LogP contribution in [-0.4, -0.2) is 15.9 Å². The van der Waals surface area contributed by atoms with Gasteiger partial charge in [-0.25, -0.2) is 4.98 Å². The third-order valence-corrected chi connectivity index (χ3v) is 2.45. The number of halogens is 1. The molecule has 2 heterocycles. The van der Waals surface area contributed by atoms with Gasteiger partial charge in [0.2, 0.25) is 0 Å². The van der Waals surface area contributed by atoms with Crippen molar-refractivity contribution in [2.75, 3.05) is 11.1 Å². The molecule has 3 N–H and O–H groups in total. The number of pyridine rings is 2. The lowest BCUT2D eigenvalue weighted by molar-refractivity contribution is 0.102. The minimum absolute atomic E-state index is 0.259. The molecular weight excluding hydrogens is 284 g/mol. The van der Waals surface area contributed by atoms with Gasteiger partial charge in [-0.15, -0.1) is 0 Å². The van der Waals surface area contributed by atoms with Crippen molar-refractivity contribution in [3.63, 3.8) is 0 Å². The Morgan fingerprint density at radius 3 is 2.76 bits per heavy atom. The fourth-order valence-electron chi connectivity index (χ4n) is 1.20. The Bertz CT molecular complexity index is 541. The number of hydrogen-bond donors (Lipinski definition) is 2. The van der Waals surface area contributed by atoms with E-state index in [9.17, 15) is 4.79 Å². The van der Waals surface area contributed by atoms with Gasteiger partial charge in [-0.2, -0.15) is 0 Å². The topological polar surface area (TPSA) is 80.9 Å². The minimum Gasteiger partial charge on any atom is -0.399 e. The highest BCUT2D eigenvalue weighted by molar-refractivity contribution is 9.10. The smallest absolute Gasteiger partial charge is 0.275 e. The first-order chi connectivity index (χ1) is 8.15. The van der Waals surface area contributed by atoms with E-state index in [1.54, 1.807) is 24.4 Å². The first kappa shape index (κ1) is 11.5. The van der Waals surface area contributed by atoms with Gasteiger partial charge in [0.15, 0.2) is 0 Å². The molecule has 2 aromatic heterocycles. The van der Waals surface area contributed by atoms with Crippen LogP contribution in [-0.2, 0) is 0 Å². The predicted octanol–water partition coefficient (Wildman–Crippen LogP) is 2.07. The van der Waals surface area contributed by atoms with E-state index in [0.29, 0.717) is 11.5 Å². The van der Waals surface area contributed by atoms with Crippen LogP contribution in [0.1, 0.15) is 10.5 Å². The summed E-state index contributed by atoms with van der Waals surface area (Å²) in [5.41, 5.74) is 6.32. The number of hydrogen-bond acceptors (Lipinski definition) is 4. The van der Waals surface area contributed by atoms with E-state index < -0.39 is 0 Å². The van der Waals surface area contributed by atoms with Crippen molar-refractivity contribution >= 4 is 33.3 Å². The quantitative estimate of drug-likeness (QED) is 0.888. The zero-order valence-electron chi connectivity index (χ0n) is 8.72. The van der Waals surface area contributed by atoms with Crippen molar-refractivity contribution in [1.82, 2.24) is 9.97 Å². The van der Waals surface area contributed by atoms with E-state index in [0.717, 1.165) is 4.47 Å². The van der Waals surface area contributed by atoms with Gasteiger partial charge in [0.1, 0.15) is 11.5 Å². The molecule has 0 fully saturated rings. The lowest BCUT2D eigenvalue weighted by Gasteiger charge is -2.04. The fourth-order valence-corrected chi connectivity index (χ4v) is 1.44. The van der Waals surface area contributed by atoms with Gasteiger partial charge in [0.05, 0.1) is 0 Å². The number of nitrogen functional groups attached to an aromatic ring is 1. The Kier molecular flexibility index (Phi) is 3.34. The van der Waals surface area contributed by atoms with Gasteiger partial charge < -0.3 is 11.1 Å². The molecule has 86 valence electrons. The molecule has 0 saturated carbocycles. The van der Waals surface area contributed by atoms with Crippen molar-refractivity contribution in [1.29, 1.82) is 0 Å². The molecule has 1 amide bonds. The average Bonchev–Trinajstić information content (AvgIpc) is 2.32. The highest BCUT2D eigenvalue weighted by Crippen LogP contribution is 2.11. The molecule has 0 aliphatic carbocycles. The van der Waals surface area contributed by atoms with Crippen molar-refractivity contribution in [2.24, 2.45) is 0 Å². The summed E-state index contributed by atoms with van der Waals surface area (Å²) in [5.74, 6) is 0.120. The van der Waals surface area contributed by atoms with Gasteiger partial charge in [-0.1, -0.05) is 0 Å². The average molecular weight is 293 g/mol. The van der Waals surface area contributed by atoms with Gasteiger partial charge in [0, 0.05) is 22.6 Å². The van der Waals surface area contributed by atoms with Crippen molar-refractivity contribution in [2.45, 2.75) is 0 Å². The van der Waals surface area contributed by atoms with Crippen LogP contribution in [0.25, 0.3) is 0 Å². The van der Waals surface area contributed by atoms with Crippen LogP contribution in [0.15, 0.2) is 41.1 Å². The maximum absolute atomic E-state index is 11.8. The van der Waals surface area contributed by atoms with E-state index in [-0.39, 0.29) is 11.6 Å². The van der Waals surface area contributed by atoms with Gasteiger partial charge >= 0.3 is 0 Å². The fraction of sp³-hybridized carbons (Fsp3) is 0. The standard InChI is InChI=1S/C11H9BrN4O/c12-7-1-2-10(15-6-7)16-11(17)9-5-8(13)3-4-14-9/h1-6H,(H2,13,14)(H,15,16,17). The summed E-state index contributed by atoms with van der Waals surface area (Å²) < 4.78 is 0.845. The molecule has 17 heavy (non-hydrogen) atoms. The van der Waals surface area contributed by atoms with Gasteiger partial charge in [-0.05, 0) is 40.2 Å². The minimum atomic E-state index is -0.341. The summed E-state index contributed by atoms with van der Waals surface area (Å²) in [6, 6.07) is 6.60. The number of aromatic nitrogens is 2. The van der Waals surface area contributed by atoms with E-state index in [1.165, 1.54) is 12.3 Å². The Hall–Kier alpha value is -1.95. The van der Waals surface area contributed by atoms with Crippen LogP contribution in [0.4, 0.5) is 11.5 Å². The molecule has 0 unspecified atom stereocenters. The monoisotopic (exact) mass is 292 g/mol. The van der Waals surface area contributed by atoms with Crippen LogP contribution in [0.5, 0.6) is 0 Å². The number of nitrogens with one attached hydrogen (secondary N) is 1. The number of rotatable bonds is 2. The maximum atomic E-state index is 11.8. The molecule has 5 nitrogen and oxygen atoms in total.